The number of fused-ring (bicyclic) bond motifs is 2. The number of rotatable bonds is 1. The fourth-order valence-electron chi connectivity index (χ4n) is 2.94. The van der Waals surface area contributed by atoms with Crippen LogP contribution in [-0.4, -0.2) is 22.6 Å². The Balaban J connectivity index is 1.81. The Hall–Kier alpha value is -2.82. The van der Waals surface area contributed by atoms with Crippen molar-refractivity contribution < 1.29 is 4.79 Å². The van der Waals surface area contributed by atoms with Gasteiger partial charge in [0, 0.05) is 11.9 Å². The SMILES string of the molecule is Nc1cccc2c1N(C(=O)c1n[nH]c3ccccc13)CC2. The molecule has 1 amide bonds. The predicted molar refractivity (Wildman–Crippen MR) is 82.3 cm³/mol. The maximum atomic E-state index is 12.8. The summed E-state index contributed by atoms with van der Waals surface area (Å²) in [5.41, 5.74) is 9.93. The topological polar surface area (TPSA) is 75.0 Å². The summed E-state index contributed by atoms with van der Waals surface area (Å²) in [6, 6.07) is 13.4. The van der Waals surface area contributed by atoms with Crippen LogP contribution >= 0.6 is 0 Å². The molecule has 0 radical (unpaired) electrons. The van der Waals surface area contributed by atoms with Gasteiger partial charge in [-0.3, -0.25) is 9.89 Å². The van der Waals surface area contributed by atoms with Gasteiger partial charge < -0.3 is 10.6 Å². The molecule has 104 valence electrons. The molecule has 0 unspecified atom stereocenters. The van der Waals surface area contributed by atoms with Crippen molar-refractivity contribution in [2.45, 2.75) is 6.42 Å². The number of nitrogens with zero attached hydrogens (tertiary/aromatic N) is 2. The van der Waals surface area contributed by atoms with Crippen LogP contribution in [0.1, 0.15) is 16.1 Å². The number of nitrogen functional groups attached to an aromatic ring is 1. The fourth-order valence-corrected chi connectivity index (χ4v) is 2.94. The van der Waals surface area contributed by atoms with E-state index >= 15 is 0 Å². The van der Waals surface area contributed by atoms with Crippen LogP contribution < -0.4 is 10.6 Å². The van der Waals surface area contributed by atoms with E-state index in [2.05, 4.69) is 10.2 Å². The summed E-state index contributed by atoms with van der Waals surface area (Å²) in [6.45, 7) is 0.642. The molecule has 0 aliphatic carbocycles. The minimum Gasteiger partial charge on any atom is -0.397 e. The highest BCUT2D eigenvalue weighted by Gasteiger charge is 2.29. The molecule has 0 atom stereocenters. The summed E-state index contributed by atoms with van der Waals surface area (Å²) in [5, 5.41) is 7.93. The molecule has 4 rings (SSSR count). The van der Waals surface area contributed by atoms with Crippen molar-refractivity contribution in [1.29, 1.82) is 0 Å². The zero-order chi connectivity index (χ0) is 14.4. The van der Waals surface area contributed by atoms with Gasteiger partial charge in [0.15, 0.2) is 5.69 Å². The molecular formula is C16H14N4O. The molecule has 1 aliphatic rings. The molecule has 3 aromatic rings. The van der Waals surface area contributed by atoms with Crippen LogP contribution in [0.2, 0.25) is 0 Å². The number of benzene rings is 2. The molecular weight excluding hydrogens is 264 g/mol. The third kappa shape index (κ3) is 1.71. The average Bonchev–Trinajstić information content (AvgIpc) is 3.11. The standard InChI is InChI=1S/C16H14N4O/c17-12-6-3-4-10-8-9-20(15(10)12)16(21)14-11-5-1-2-7-13(11)18-19-14/h1-7H,8-9,17H2,(H,18,19). The fraction of sp³-hybridized carbons (Fsp3) is 0.125. The summed E-state index contributed by atoms with van der Waals surface area (Å²) < 4.78 is 0. The van der Waals surface area contributed by atoms with E-state index in [1.165, 1.54) is 0 Å². The molecule has 2 heterocycles. The van der Waals surface area contributed by atoms with E-state index in [9.17, 15) is 4.79 Å². The Morgan fingerprint density at radius 1 is 1.19 bits per heavy atom. The van der Waals surface area contributed by atoms with Crippen LogP contribution in [0.4, 0.5) is 11.4 Å². The maximum absolute atomic E-state index is 12.8. The number of carbonyl (C=O) groups is 1. The molecule has 0 saturated carbocycles. The van der Waals surface area contributed by atoms with Crippen molar-refractivity contribution >= 4 is 28.2 Å². The Morgan fingerprint density at radius 3 is 2.95 bits per heavy atom. The smallest absolute Gasteiger partial charge is 0.279 e. The average molecular weight is 278 g/mol. The first kappa shape index (κ1) is 12.0. The van der Waals surface area contributed by atoms with E-state index in [0.29, 0.717) is 17.9 Å². The van der Waals surface area contributed by atoms with Crippen LogP contribution in [0, 0.1) is 0 Å². The lowest BCUT2D eigenvalue weighted by Gasteiger charge is -2.17. The maximum Gasteiger partial charge on any atom is 0.279 e. The second-order valence-electron chi connectivity index (χ2n) is 5.18. The van der Waals surface area contributed by atoms with Crippen LogP contribution in [-0.2, 0) is 6.42 Å². The molecule has 1 aliphatic heterocycles. The molecule has 0 bridgehead atoms. The summed E-state index contributed by atoms with van der Waals surface area (Å²) in [5.74, 6) is -0.107. The molecule has 1 aromatic heterocycles. The number of hydrogen-bond donors (Lipinski definition) is 2. The monoisotopic (exact) mass is 278 g/mol. The van der Waals surface area contributed by atoms with Crippen LogP contribution in [0.3, 0.4) is 0 Å². The zero-order valence-electron chi connectivity index (χ0n) is 11.3. The summed E-state index contributed by atoms with van der Waals surface area (Å²) in [7, 11) is 0. The highest BCUT2D eigenvalue weighted by Crippen LogP contribution is 2.35. The van der Waals surface area contributed by atoms with Gasteiger partial charge in [-0.1, -0.05) is 30.3 Å². The number of aromatic nitrogens is 2. The number of anilines is 2. The van der Waals surface area contributed by atoms with Gasteiger partial charge in [-0.15, -0.1) is 0 Å². The first-order valence-electron chi connectivity index (χ1n) is 6.88. The number of H-pyrrole nitrogens is 1. The van der Waals surface area contributed by atoms with Gasteiger partial charge in [0.05, 0.1) is 16.9 Å². The van der Waals surface area contributed by atoms with E-state index in [4.69, 9.17) is 5.73 Å². The second kappa shape index (κ2) is 4.34. The number of carbonyl (C=O) groups excluding carboxylic acids is 1. The zero-order valence-corrected chi connectivity index (χ0v) is 11.3. The van der Waals surface area contributed by atoms with Crippen molar-refractivity contribution in [3.8, 4) is 0 Å². The van der Waals surface area contributed by atoms with Gasteiger partial charge in [0.1, 0.15) is 0 Å². The molecule has 5 heteroatoms. The van der Waals surface area contributed by atoms with Crippen molar-refractivity contribution in [2.24, 2.45) is 0 Å². The Labute approximate surface area is 121 Å². The molecule has 5 nitrogen and oxygen atoms in total. The minimum atomic E-state index is -0.107. The van der Waals surface area contributed by atoms with Crippen molar-refractivity contribution in [3.05, 3.63) is 53.7 Å². The normalized spacial score (nSPS) is 13.6. The third-order valence-electron chi connectivity index (χ3n) is 3.94. The summed E-state index contributed by atoms with van der Waals surface area (Å²) in [4.78, 5) is 14.6. The number of nitrogens with one attached hydrogen (secondary N) is 1. The molecule has 3 N–H and O–H groups in total. The lowest BCUT2D eigenvalue weighted by molar-refractivity contribution is 0.0986. The molecule has 21 heavy (non-hydrogen) atoms. The lowest BCUT2D eigenvalue weighted by atomic mass is 10.1. The van der Waals surface area contributed by atoms with Crippen molar-refractivity contribution in [1.82, 2.24) is 10.2 Å². The first-order valence-corrected chi connectivity index (χ1v) is 6.88. The number of para-hydroxylation sites is 2. The van der Waals surface area contributed by atoms with Crippen molar-refractivity contribution in [3.63, 3.8) is 0 Å². The molecule has 0 saturated heterocycles. The minimum absolute atomic E-state index is 0.107. The number of amides is 1. The Kier molecular flexibility index (Phi) is 2.47. The van der Waals surface area contributed by atoms with Gasteiger partial charge in [-0.25, -0.2) is 0 Å². The second-order valence-corrected chi connectivity index (χ2v) is 5.18. The van der Waals surface area contributed by atoms with Crippen molar-refractivity contribution in [2.75, 3.05) is 17.2 Å². The van der Waals surface area contributed by atoms with Crippen LogP contribution in [0.25, 0.3) is 10.9 Å². The summed E-state index contributed by atoms with van der Waals surface area (Å²) >= 11 is 0. The molecule has 0 spiro atoms. The number of aromatic amines is 1. The Bertz CT molecular complexity index is 852. The van der Waals surface area contributed by atoms with Gasteiger partial charge >= 0.3 is 0 Å². The quantitative estimate of drug-likeness (QED) is 0.671. The molecule has 2 aromatic carbocycles. The third-order valence-corrected chi connectivity index (χ3v) is 3.94. The molecule has 0 fully saturated rings. The van der Waals surface area contributed by atoms with E-state index in [1.54, 1.807) is 4.90 Å². The lowest BCUT2D eigenvalue weighted by Crippen LogP contribution is -2.30. The van der Waals surface area contributed by atoms with Gasteiger partial charge in [0.25, 0.3) is 5.91 Å². The number of nitrogens with two attached hydrogens (primary N) is 1. The Morgan fingerprint density at radius 2 is 2.05 bits per heavy atom. The van der Waals surface area contributed by atoms with E-state index in [0.717, 1.165) is 28.6 Å². The van der Waals surface area contributed by atoms with Crippen LogP contribution in [0.15, 0.2) is 42.5 Å². The highest BCUT2D eigenvalue weighted by molar-refractivity contribution is 6.14. The largest absolute Gasteiger partial charge is 0.397 e. The van der Waals surface area contributed by atoms with E-state index in [1.807, 2.05) is 42.5 Å². The van der Waals surface area contributed by atoms with Gasteiger partial charge in [-0.2, -0.15) is 5.10 Å². The van der Waals surface area contributed by atoms with Crippen LogP contribution in [0.5, 0.6) is 0 Å². The van der Waals surface area contributed by atoms with Gasteiger partial charge in [-0.05, 0) is 24.1 Å². The first-order chi connectivity index (χ1) is 10.3. The summed E-state index contributed by atoms with van der Waals surface area (Å²) in [6.07, 6.45) is 0.828. The van der Waals surface area contributed by atoms with E-state index < -0.39 is 0 Å². The van der Waals surface area contributed by atoms with Gasteiger partial charge in [0.2, 0.25) is 0 Å². The predicted octanol–water partition coefficient (Wildman–Crippen LogP) is 2.35. The van der Waals surface area contributed by atoms with E-state index in [-0.39, 0.29) is 5.91 Å². The number of hydrogen-bond acceptors (Lipinski definition) is 3. The highest BCUT2D eigenvalue weighted by atomic mass is 16.2.